The Hall–Kier alpha value is -3.59. The summed E-state index contributed by atoms with van der Waals surface area (Å²) in [7, 11) is 4.54. The van der Waals surface area contributed by atoms with Crippen molar-refractivity contribution in [3.05, 3.63) is 58.2 Å². The summed E-state index contributed by atoms with van der Waals surface area (Å²) in [5, 5.41) is 21.3. The molecule has 2 aromatic carbocycles. The summed E-state index contributed by atoms with van der Waals surface area (Å²) in [6.45, 7) is 1.82. The number of nitrogens with zero attached hydrogens (tertiary/aromatic N) is 1. The molecule has 8 nitrogen and oxygen atoms in total. The van der Waals surface area contributed by atoms with Crippen LogP contribution in [0.5, 0.6) is 23.0 Å². The van der Waals surface area contributed by atoms with Crippen LogP contribution < -0.4 is 14.2 Å². The molecule has 1 heterocycles. The minimum atomic E-state index is -0.695. The zero-order valence-corrected chi connectivity index (χ0v) is 18.9. The van der Waals surface area contributed by atoms with Crippen LogP contribution >= 0.6 is 11.8 Å². The molecule has 0 saturated heterocycles. The summed E-state index contributed by atoms with van der Waals surface area (Å²) in [6.07, 6.45) is 1.56. The minimum absolute atomic E-state index is 0.0341. The van der Waals surface area contributed by atoms with Gasteiger partial charge in [0.25, 0.3) is 0 Å². The highest BCUT2D eigenvalue weighted by atomic mass is 32.2. The SMILES string of the molecule is CCOC(=O)C1=C(O)/C(=C\c2ccc(OC)cc2O)SC1=Nc1ccc(OC)c(OC)c1. The average Bonchev–Trinajstić information content (AvgIpc) is 3.09. The Balaban J connectivity index is 2.06. The molecule has 168 valence electrons. The summed E-state index contributed by atoms with van der Waals surface area (Å²) in [4.78, 5) is 17.4. The van der Waals surface area contributed by atoms with Crippen molar-refractivity contribution in [1.82, 2.24) is 0 Å². The minimum Gasteiger partial charge on any atom is -0.507 e. The van der Waals surface area contributed by atoms with E-state index in [1.807, 2.05) is 0 Å². The molecule has 2 aromatic rings. The van der Waals surface area contributed by atoms with Crippen LogP contribution in [0, 0.1) is 0 Å². The van der Waals surface area contributed by atoms with Gasteiger partial charge in [-0.3, -0.25) is 0 Å². The van der Waals surface area contributed by atoms with Gasteiger partial charge in [-0.15, -0.1) is 0 Å². The fourth-order valence-corrected chi connectivity index (χ4v) is 3.94. The quantitative estimate of drug-likeness (QED) is 0.581. The summed E-state index contributed by atoms with van der Waals surface area (Å²) in [5.74, 6) is 0.499. The Morgan fingerprint density at radius 3 is 2.41 bits per heavy atom. The smallest absolute Gasteiger partial charge is 0.344 e. The number of carbonyl (C=O) groups excluding carboxylic acids is 1. The molecule has 1 aliphatic rings. The lowest BCUT2D eigenvalue weighted by atomic mass is 10.1. The van der Waals surface area contributed by atoms with Crippen LogP contribution in [-0.2, 0) is 9.53 Å². The van der Waals surface area contributed by atoms with Gasteiger partial charge in [-0.25, -0.2) is 9.79 Å². The maximum atomic E-state index is 12.6. The molecule has 0 aromatic heterocycles. The van der Waals surface area contributed by atoms with E-state index < -0.39 is 5.97 Å². The molecular weight excluding hydrogens is 434 g/mol. The second-order valence-corrected chi connectivity index (χ2v) is 7.47. The van der Waals surface area contributed by atoms with Gasteiger partial charge in [-0.1, -0.05) is 11.8 Å². The van der Waals surface area contributed by atoms with Gasteiger partial charge in [0, 0.05) is 17.7 Å². The Kier molecular flexibility index (Phi) is 7.32. The third-order valence-corrected chi connectivity index (χ3v) is 5.51. The van der Waals surface area contributed by atoms with E-state index in [-0.39, 0.29) is 28.7 Å². The number of hydrogen-bond acceptors (Lipinski definition) is 9. The normalized spacial score (nSPS) is 15.9. The first-order valence-corrected chi connectivity index (χ1v) is 10.4. The fraction of sp³-hybridized carbons (Fsp3) is 0.217. The second-order valence-electron chi connectivity index (χ2n) is 6.44. The summed E-state index contributed by atoms with van der Waals surface area (Å²) >= 11 is 1.08. The first kappa shape index (κ1) is 23.1. The molecule has 32 heavy (non-hydrogen) atoms. The predicted octanol–water partition coefficient (Wildman–Crippen LogP) is 4.61. The van der Waals surface area contributed by atoms with E-state index in [0.29, 0.717) is 33.4 Å². The number of thioether (sulfide) groups is 1. The van der Waals surface area contributed by atoms with Gasteiger partial charge < -0.3 is 29.2 Å². The number of aliphatic imine (C=N–C) groups is 1. The molecule has 3 rings (SSSR count). The monoisotopic (exact) mass is 457 g/mol. The van der Waals surface area contributed by atoms with Crippen LogP contribution in [0.2, 0.25) is 0 Å². The molecule has 0 atom stereocenters. The molecule has 0 bridgehead atoms. The number of aliphatic hydroxyl groups is 1. The molecule has 0 amide bonds. The van der Waals surface area contributed by atoms with Crippen LogP contribution in [-0.4, -0.2) is 49.2 Å². The lowest BCUT2D eigenvalue weighted by Crippen LogP contribution is -2.12. The van der Waals surface area contributed by atoms with Crippen LogP contribution in [0.25, 0.3) is 6.08 Å². The van der Waals surface area contributed by atoms with Gasteiger partial charge in [0.15, 0.2) is 11.5 Å². The summed E-state index contributed by atoms with van der Waals surface area (Å²) in [6, 6.07) is 9.82. The number of phenols is 1. The van der Waals surface area contributed by atoms with Crippen molar-refractivity contribution in [1.29, 1.82) is 0 Å². The lowest BCUT2D eigenvalue weighted by molar-refractivity contribution is -0.138. The van der Waals surface area contributed by atoms with Crippen LogP contribution in [0.3, 0.4) is 0 Å². The molecule has 0 spiro atoms. The first-order chi connectivity index (χ1) is 15.4. The molecule has 0 fully saturated rings. The number of ether oxygens (including phenoxy) is 4. The number of rotatable bonds is 7. The van der Waals surface area contributed by atoms with E-state index in [0.717, 1.165) is 11.8 Å². The number of aromatic hydroxyl groups is 1. The number of phenolic OH excluding ortho intramolecular Hbond substituents is 1. The van der Waals surface area contributed by atoms with Crippen LogP contribution in [0.4, 0.5) is 5.69 Å². The van der Waals surface area contributed by atoms with Gasteiger partial charge in [-0.05, 0) is 37.3 Å². The Morgan fingerprint density at radius 2 is 1.78 bits per heavy atom. The highest BCUT2D eigenvalue weighted by molar-refractivity contribution is 8.18. The lowest BCUT2D eigenvalue weighted by Gasteiger charge is -2.08. The summed E-state index contributed by atoms with van der Waals surface area (Å²) < 4.78 is 20.7. The van der Waals surface area contributed by atoms with Crippen molar-refractivity contribution in [2.24, 2.45) is 4.99 Å². The maximum absolute atomic E-state index is 12.6. The number of benzene rings is 2. The average molecular weight is 458 g/mol. The van der Waals surface area contributed by atoms with Gasteiger partial charge in [0.05, 0.1) is 38.5 Å². The fourth-order valence-electron chi connectivity index (χ4n) is 2.92. The molecule has 9 heteroatoms. The third kappa shape index (κ3) is 4.83. The number of methoxy groups -OCH3 is 3. The molecule has 0 saturated carbocycles. The highest BCUT2D eigenvalue weighted by Crippen LogP contribution is 2.42. The van der Waals surface area contributed by atoms with E-state index in [9.17, 15) is 15.0 Å². The van der Waals surface area contributed by atoms with Crippen molar-refractivity contribution in [3.63, 3.8) is 0 Å². The standard InChI is InChI=1S/C23H23NO7S/c1-5-31-23(27)20-21(26)19(10-13-6-8-15(28-2)12-16(13)25)32-22(20)24-14-7-9-17(29-3)18(11-14)30-4/h6-12,25-26H,5H2,1-4H3/b19-10+,24-22?. The van der Waals surface area contributed by atoms with Crippen LogP contribution in [0.15, 0.2) is 57.6 Å². The number of aliphatic hydroxyl groups excluding tert-OH is 1. The Morgan fingerprint density at radius 1 is 1.03 bits per heavy atom. The van der Waals surface area contributed by atoms with Gasteiger partial charge in [0.2, 0.25) is 0 Å². The van der Waals surface area contributed by atoms with Gasteiger partial charge >= 0.3 is 5.97 Å². The van der Waals surface area contributed by atoms with Crippen LogP contribution in [0.1, 0.15) is 12.5 Å². The molecule has 0 aliphatic carbocycles. The predicted molar refractivity (Wildman–Crippen MR) is 123 cm³/mol. The van der Waals surface area contributed by atoms with E-state index in [4.69, 9.17) is 18.9 Å². The second kappa shape index (κ2) is 10.1. The zero-order valence-electron chi connectivity index (χ0n) is 18.0. The molecule has 0 radical (unpaired) electrons. The highest BCUT2D eigenvalue weighted by Gasteiger charge is 2.33. The Labute approximate surface area is 189 Å². The molecular formula is C23H23NO7S. The molecule has 1 aliphatic heterocycles. The first-order valence-electron chi connectivity index (χ1n) is 9.60. The van der Waals surface area contributed by atoms with Crippen molar-refractivity contribution < 1.29 is 34.0 Å². The van der Waals surface area contributed by atoms with E-state index in [2.05, 4.69) is 4.99 Å². The maximum Gasteiger partial charge on any atom is 0.344 e. The molecule has 0 unspecified atom stereocenters. The largest absolute Gasteiger partial charge is 0.507 e. The van der Waals surface area contributed by atoms with Gasteiger partial charge in [0.1, 0.15) is 27.9 Å². The van der Waals surface area contributed by atoms with Crippen molar-refractivity contribution in [2.45, 2.75) is 6.92 Å². The Bertz CT molecular complexity index is 1120. The third-order valence-electron chi connectivity index (χ3n) is 4.49. The van der Waals surface area contributed by atoms with Crippen molar-refractivity contribution in [3.8, 4) is 23.0 Å². The number of hydrogen-bond donors (Lipinski definition) is 2. The number of carbonyl (C=O) groups is 1. The van der Waals surface area contributed by atoms with E-state index in [1.54, 1.807) is 43.3 Å². The molecule has 2 N–H and O–H groups in total. The van der Waals surface area contributed by atoms with Crippen molar-refractivity contribution >= 4 is 34.5 Å². The topological polar surface area (TPSA) is 107 Å². The number of esters is 1. The summed E-state index contributed by atoms with van der Waals surface area (Å²) in [5.41, 5.74) is 0.884. The van der Waals surface area contributed by atoms with E-state index >= 15 is 0 Å². The van der Waals surface area contributed by atoms with E-state index in [1.165, 1.54) is 27.4 Å². The van der Waals surface area contributed by atoms with Gasteiger partial charge in [-0.2, -0.15) is 0 Å². The zero-order chi connectivity index (χ0) is 23.3. The van der Waals surface area contributed by atoms with Crippen molar-refractivity contribution in [2.75, 3.05) is 27.9 Å².